The van der Waals surface area contributed by atoms with Crippen LogP contribution in [-0.2, 0) is 47.1 Å². The summed E-state index contributed by atoms with van der Waals surface area (Å²) in [4.78, 5) is 27.1. The fourth-order valence-electron chi connectivity index (χ4n) is 5.75. The molecule has 0 unspecified atom stereocenters. The number of hydrogen-bond acceptors (Lipinski definition) is 7. The van der Waals surface area contributed by atoms with Gasteiger partial charge in [0.1, 0.15) is 12.0 Å². The first-order valence-corrected chi connectivity index (χ1v) is 14.5. The minimum absolute atomic E-state index is 0. The molecule has 0 bridgehead atoms. The van der Waals surface area contributed by atoms with Crippen molar-refractivity contribution in [2.24, 2.45) is 29.1 Å². The Morgan fingerprint density at radius 2 is 1.72 bits per heavy atom. The van der Waals surface area contributed by atoms with Crippen molar-refractivity contribution in [3.63, 3.8) is 0 Å². The van der Waals surface area contributed by atoms with Crippen molar-refractivity contribution in [2.75, 3.05) is 14.2 Å². The van der Waals surface area contributed by atoms with Crippen LogP contribution >= 0.6 is 0 Å². The summed E-state index contributed by atoms with van der Waals surface area (Å²) in [7, 11) is 3.58. The Balaban J connectivity index is 0.0000144. The quantitative estimate of drug-likeness (QED) is 0.138. The predicted molar refractivity (Wildman–Crippen MR) is 152 cm³/mol. The normalized spacial score (nSPS) is 27.3. The molecule has 10 atom stereocenters. The van der Waals surface area contributed by atoms with E-state index in [9.17, 15) is 9.59 Å². The van der Waals surface area contributed by atoms with Gasteiger partial charge in [-0.05, 0) is 46.1 Å². The van der Waals surface area contributed by atoms with Gasteiger partial charge in [0.25, 0.3) is 0 Å². The molecule has 0 amide bonds. The van der Waals surface area contributed by atoms with E-state index in [-0.39, 0.29) is 59.8 Å². The van der Waals surface area contributed by atoms with Crippen LogP contribution in [0.25, 0.3) is 0 Å². The molecule has 39 heavy (non-hydrogen) atoms. The Morgan fingerprint density at radius 3 is 2.18 bits per heavy atom. The summed E-state index contributed by atoms with van der Waals surface area (Å²) in [5, 5.41) is 3.37. The molecule has 1 fully saturated rings. The number of esters is 1. The third-order valence-electron chi connectivity index (χ3n) is 9.16. The molecule has 1 aliphatic heterocycles. The molecule has 1 heterocycles. The second-order valence-corrected chi connectivity index (χ2v) is 12.2. The van der Waals surface area contributed by atoms with Crippen molar-refractivity contribution in [3.8, 4) is 0 Å². The number of rotatable bonds is 16. The van der Waals surface area contributed by atoms with Crippen LogP contribution < -0.4 is 5.32 Å². The van der Waals surface area contributed by atoms with Crippen LogP contribution in [0.15, 0.2) is 0 Å². The van der Waals surface area contributed by atoms with Crippen LogP contribution in [0, 0.1) is 41.9 Å². The van der Waals surface area contributed by atoms with Crippen molar-refractivity contribution < 1.29 is 47.1 Å². The molecular formula is C31H57NO6V. The van der Waals surface area contributed by atoms with Gasteiger partial charge < -0.3 is 37.1 Å². The first-order chi connectivity index (χ1) is 17.6. The molecule has 1 aliphatic rings. The molecule has 8 heteroatoms. The molecule has 1 N–H and O–H groups in total. The van der Waals surface area contributed by atoms with Gasteiger partial charge in [-0.2, -0.15) is 19.8 Å². The Kier molecular flexibility index (Phi) is 16.7. The van der Waals surface area contributed by atoms with Crippen molar-refractivity contribution in [1.82, 2.24) is 5.32 Å². The number of hydrogen-bond donors (Lipinski definition) is 1. The fraction of sp³-hybridized carbons (Fsp3) is 0.871. The van der Waals surface area contributed by atoms with Crippen LogP contribution in [0.3, 0.4) is 0 Å². The van der Waals surface area contributed by atoms with Gasteiger partial charge in [-0.15, -0.1) is 6.42 Å². The van der Waals surface area contributed by atoms with E-state index in [1.54, 1.807) is 14.0 Å². The number of carbonyl (C=O) groups excluding carboxylic acids is 2. The van der Waals surface area contributed by atoms with Crippen LogP contribution in [0.2, 0.25) is 0 Å². The Labute approximate surface area is 251 Å². The largest absolute Gasteiger partial charge is 2.00 e. The molecule has 0 aromatic heterocycles. The summed E-state index contributed by atoms with van der Waals surface area (Å²) in [6, 6.07) is 0.230. The maximum absolute atomic E-state index is 13.8. The zero-order valence-electron chi connectivity index (χ0n) is 26.9. The fourth-order valence-corrected chi connectivity index (χ4v) is 5.75. The van der Waals surface area contributed by atoms with Gasteiger partial charge in [0.15, 0.2) is 12.1 Å². The molecule has 1 rings (SSSR count). The van der Waals surface area contributed by atoms with E-state index in [0.29, 0.717) is 12.8 Å². The van der Waals surface area contributed by atoms with E-state index >= 15 is 0 Å². The number of nitrogens with one attached hydrogen (secondary N) is 1. The zero-order valence-corrected chi connectivity index (χ0v) is 28.3. The van der Waals surface area contributed by atoms with Gasteiger partial charge in [0.2, 0.25) is 0 Å². The zero-order chi connectivity index (χ0) is 29.4. The summed E-state index contributed by atoms with van der Waals surface area (Å²) in [6.07, 6.45) is 4.85. The third-order valence-corrected chi connectivity index (χ3v) is 9.16. The van der Waals surface area contributed by atoms with Crippen molar-refractivity contribution in [1.29, 1.82) is 0 Å². The number of ketones is 1. The molecule has 0 saturated carbocycles. The van der Waals surface area contributed by atoms with Crippen molar-refractivity contribution in [3.05, 3.63) is 12.8 Å². The molecule has 0 spiro atoms. The van der Waals surface area contributed by atoms with Crippen molar-refractivity contribution >= 4 is 11.8 Å². The molecule has 0 aromatic rings. The van der Waals surface area contributed by atoms with Gasteiger partial charge in [0, 0.05) is 25.0 Å². The average molecular weight is 591 g/mol. The first kappa shape index (κ1) is 38.6. The maximum atomic E-state index is 13.8. The smallest absolute Gasteiger partial charge is 0.461 e. The summed E-state index contributed by atoms with van der Waals surface area (Å²) < 4.78 is 24.8. The second kappa shape index (κ2) is 16.9. The number of methoxy groups -OCH3 is 1. The number of ether oxygens (including phenoxy) is 4. The van der Waals surface area contributed by atoms with E-state index in [1.165, 1.54) is 0 Å². The predicted octanol–water partition coefficient (Wildman–Crippen LogP) is 5.80. The van der Waals surface area contributed by atoms with Gasteiger partial charge in [-0.3, -0.25) is 9.59 Å². The molecule has 7 nitrogen and oxygen atoms in total. The summed E-state index contributed by atoms with van der Waals surface area (Å²) in [5.74, 6) is -1.95. The SMILES string of the molecule is C[CH-]C[C@](C)(OC)[C@H](O[C@@H]1O[C@H](C)C[C@H](NC)[C@H]1C)[C@@H](C)C(=O)[C@@H](C)C(=O)O[C@H](CC)C(C)(C)[C@H](C)[CH-]C.[V+2]. The molecule has 227 valence electrons. The van der Waals surface area contributed by atoms with E-state index in [2.05, 4.69) is 39.4 Å². The van der Waals surface area contributed by atoms with E-state index < -0.39 is 35.8 Å². The number of carbonyl (C=O) groups is 2. The topological polar surface area (TPSA) is 83.1 Å². The standard InChI is InChI=1S/C31H57NO6.V/c1-14-17-31(11,35-13)27(38-29-21(6)24(32-12)18-20(5)36-29)22(7)26(33)23(8)28(34)37-25(16-3)30(9,10)19(4)15-2;/h14-15,19-25,27,29,32H,16-18H2,1-13H3;/q-2;+2/t19-,20-,21-,22+,23-,24+,25-,27-,29+,31+;/m1./s1. The van der Waals surface area contributed by atoms with E-state index in [1.807, 2.05) is 55.0 Å². The van der Waals surface area contributed by atoms with Crippen molar-refractivity contribution in [2.45, 2.75) is 132 Å². The van der Waals surface area contributed by atoms with E-state index in [0.717, 1.165) is 6.42 Å². The number of Topliss-reactive ketones (excluding diaryl/α,β-unsaturated/α-hetero) is 1. The molecule has 1 radical (unpaired) electrons. The second-order valence-electron chi connectivity index (χ2n) is 12.2. The van der Waals surface area contributed by atoms with Gasteiger partial charge in [-0.25, -0.2) is 0 Å². The minimum atomic E-state index is -0.928. The van der Waals surface area contributed by atoms with Crippen LogP contribution in [0.5, 0.6) is 0 Å². The summed E-state index contributed by atoms with van der Waals surface area (Å²) >= 11 is 0. The molecule has 1 saturated heterocycles. The summed E-state index contributed by atoms with van der Waals surface area (Å²) in [5.41, 5.74) is -1.04. The molecule has 0 aromatic carbocycles. The molecule has 0 aliphatic carbocycles. The monoisotopic (exact) mass is 590 g/mol. The first-order valence-electron chi connectivity index (χ1n) is 14.5. The Morgan fingerprint density at radius 1 is 1.13 bits per heavy atom. The minimum Gasteiger partial charge on any atom is -0.461 e. The van der Waals surface area contributed by atoms with E-state index in [4.69, 9.17) is 18.9 Å². The Hall–Kier alpha value is -0.436. The van der Waals surface area contributed by atoms with Crippen LogP contribution in [-0.4, -0.2) is 62.2 Å². The van der Waals surface area contributed by atoms with Crippen LogP contribution in [0.1, 0.15) is 95.4 Å². The van der Waals surface area contributed by atoms with Gasteiger partial charge >= 0.3 is 24.5 Å². The Bertz CT molecular complexity index is 749. The van der Waals surface area contributed by atoms with Crippen LogP contribution in [0.4, 0.5) is 0 Å². The van der Waals surface area contributed by atoms with Gasteiger partial charge in [-0.1, -0.05) is 41.5 Å². The maximum Gasteiger partial charge on any atom is 2.00 e. The average Bonchev–Trinajstić information content (AvgIpc) is 2.89. The molecular weight excluding hydrogens is 533 g/mol. The van der Waals surface area contributed by atoms with Gasteiger partial charge in [0.05, 0.1) is 17.8 Å². The summed E-state index contributed by atoms with van der Waals surface area (Å²) in [6.45, 7) is 21.9. The third kappa shape index (κ3) is 9.54.